The molecule has 0 aliphatic carbocycles. The van der Waals surface area contributed by atoms with Crippen LogP contribution < -0.4 is 0 Å². The minimum absolute atomic E-state index is 0.00559. The van der Waals surface area contributed by atoms with Gasteiger partial charge in [0.05, 0.1) is 38.1 Å². The van der Waals surface area contributed by atoms with Gasteiger partial charge in [-0.1, -0.05) is 64.7 Å². The number of rotatable bonds is 22. The Labute approximate surface area is 214 Å². The van der Waals surface area contributed by atoms with Gasteiger partial charge in [-0.15, -0.1) is 0 Å². The van der Waals surface area contributed by atoms with Crippen molar-refractivity contribution in [2.45, 2.75) is 141 Å². The van der Waals surface area contributed by atoms with Crippen LogP contribution in [0.3, 0.4) is 0 Å². The number of carboxylic acid groups (broad SMARTS) is 1. The maximum atomic E-state index is 12.7. The molecule has 4 N–H and O–H groups in total. The summed E-state index contributed by atoms with van der Waals surface area (Å²) in [5.74, 6) is -1.63. The van der Waals surface area contributed by atoms with E-state index in [0.717, 1.165) is 25.7 Å². The van der Waals surface area contributed by atoms with Crippen LogP contribution in [0.4, 0.5) is 0 Å². The highest BCUT2D eigenvalue weighted by Gasteiger charge is 2.55. The third-order valence-electron chi connectivity index (χ3n) is 7.54. The summed E-state index contributed by atoms with van der Waals surface area (Å²) in [4.78, 5) is 12.7. The molecule has 0 fully saturated rings. The summed E-state index contributed by atoms with van der Waals surface area (Å²) in [5.41, 5.74) is -1.45. The van der Waals surface area contributed by atoms with E-state index in [1.807, 2.05) is 14.1 Å². The molecule has 0 heterocycles. The smallest absolute Gasteiger partial charge is 0.365 e. The first-order chi connectivity index (χ1) is 16.2. The topological polar surface area (TPSA) is 132 Å². The Morgan fingerprint density at radius 1 is 0.857 bits per heavy atom. The number of aliphatic hydroxyl groups excluding tert-OH is 2. The molecule has 0 aliphatic heterocycles. The zero-order valence-electron chi connectivity index (χ0n) is 22.9. The molecule has 0 aromatic carbocycles. The minimum Gasteiger partial charge on any atom is -0.477 e. The van der Waals surface area contributed by atoms with Gasteiger partial charge in [0.2, 0.25) is 0 Å². The Bertz CT molecular complexity index is 679. The molecule has 35 heavy (non-hydrogen) atoms. The van der Waals surface area contributed by atoms with Crippen LogP contribution in [-0.2, 0) is 14.9 Å². The second-order valence-electron chi connectivity index (χ2n) is 11.0. The lowest BCUT2D eigenvalue weighted by Gasteiger charge is -2.51. The average Bonchev–Trinajstić information content (AvgIpc) is 2.71. The van der Waals surface area contributed by atoms with Crippen molar-refractivity contribution in [2.75, 3.05) is 19.8 Å². The quantitative estimate of drug-likeness (QED) is 0.0910. The normalized spacial score (nSPS) is 17.0. The molecule has 8 nitrogen and oxygen atoms in total. The van der Waals surface area contributed by atoms with Crippen LogP contribution in [0.15, 0.2) is 0 Å². The molecule has 4 atom stereocenters. The highest BCUT2D eigenvalue weighted by molar-refractivity contribution is 7.85. The van der Waals surface area contributed by atoms with Gasteiger partial charge in [-0.05, 0) is 33.1 Å². The maximum absolute atomic E-state index is 12.7. The van der Waals surface area contributed by atoms with E-state index in [-0.39, 0.29) is 29.8 Å². The van der Waals surface area contributed by atoms with E-state index in [0.29, 0.717) is 6.42 Å². The van der Waals surface area contributed by atoms with Crippen LogP contribution in [-0.4, -0.2) is 82.4 Å². The third-order valence-corrected chi connectivity index (χ3v) is 8.35. The molecule has 210 valence electrons. The van der Waals surface area contributed by atoms with Crippen molar-refractivity contribution >= 4 is 16.1 Å². The monoisotopic (exact) mass is 524 g/mol. The Hall–Kier alpha value is -0.740. The number of unbranched alkanes of at least 4 members (excludes halogenated alkanes) is 9. The van der Waals surface area contributed by atoms with Crippen molar-refractivity contribution in [3.8, 4) is 0 Å². The van der Waals surface area contributed by atoms with E-state index in [2.05, 4.69) is 6.92 Å². The number of carboxylic acids is 1. The van der Waals surface area contributed by atoms with Crippen LogP contribution in [0.2, 0.25) is 0 Å². The number of aliphatic carboxylic acids is 1. The lowest BCUT2D eigenvalue weighted by Crippen LogP contribution is -2.69. The number of hydrogen-bond acceptors (Lipinski definition) is 5. The highest BCUT2D eigenvalue weighted by Crippen LogP contribution is 2.37. The summed E-state index contributed by atoms with van der Waals surface area (Å²) >= 11 is 0. The molecule has 0 rings (SSSR count). The first kappa shape index (κ1) is 34.3. The molecular weight excluding hydrogens is 470 g/mol. The van der Waals surface area contributed by atoms with E-state index < -0.39 is 39.6 Å². The molecule has 0 radical (unpaired) electrons. The van der Waals surface area contributed by atoms with Gasteiger partial charge in [-0.2, -0.15) is 8.42 Å². The number of hydrogen-bond donors (Lipinski definition) is 4. The standard InChI is InChI=1S/C26H53NO7S/c1-6-7-8-9-10-11-12-13-14-15-17-24(20-22(2)28)27(4,5)26(25(30)31,21-23(3)29)18-16-19-35(32,33)34/h22-24,28-29H,6-21H2,1-5H3,(H-,30,31,32,33,34)/p+1. The van der Waals surface area contributed by atoms with E-state index in [4.69, 9.17) is 4.55 Å². The van der Waals surface area contributed by atoms with Crippen LogP contribution in [0, 0.1) is 0 Å². The van der Waals surface area contributed by atoms with Crippen molar-refractivity contribution < 1.29 is 37.6 Å². The summed E-state index contributed by atoms with van der Waals surface area (Å²) in [7, 11) is -0.594. The van der Waals surface area contributed by atoms with Crippen molar-refractivity contribution in [2.24, 2.45) is 0 Å². The van der Waals surface area contributed by atoms with Gasteiger partial charge in [-0.3, -0.25) is 4.55 Å². The lowest BCUT2D eigenvalue weighted by molar-refractivity contribution is -0.957. The van der Waals surface area contributed by atoms with Gasteiger partial charge in [0.25, 0.3) is 10.1 Å². The number of quaternary nitrogens is 1. The second-order valence-corrected chi connectivity index (χ2v) is 12.6. The van der Waals surface area contributed by atoms with E-state index in [1.165, 1.54) is 51.9 Å². The predicted octanol–water partition coefficient (Wildman–Crippen LogP) is 4.78. The molecular formula is C26H54NO7S+. The zero-order valence-corrected chi connectivity index (χ0v) is 23.7. The van der Waals surface area contributed by atoms with Gasteiger partial charge in [0.15, 0.2) is 5.54 Å². The van der Waals surface area contributed by atoms with Crippen molar-refractivity contribution in [1.82, 2.24) is 0 Å². The molecule has 0 aliphatic rings. The molecule has 9 heteroatoms. The average molecular weight is 525 g/mol. The second kappa shape index (κ2) is 16.9. The van der Waals surface area contributed by atoms with E-state index in [9.17, 15) is 28.5 Å². The zero-order chi connectivity index (χ0) is 27.1. The highest BCUT2D eigenvalue weighted by atomic mass is 32.2. The van der Waals surface area contributed by atoms with Gasteiger partial charge in [-0.25, -0.2) is 4.79 Å². The number of likely N-dealkylation sites (N-methyl/N-ethyl adjacent to an activating group) is 1. The number of carbonyl (C=O) groups is 1. The molecule has 0 spiro atoms. The third kappa shape index (κ3) is 13.4. The Kier molecular flexibility index (Phi) is 16.5. The molecule has 0 aromatic heterocycles. The van der Waals surface area contributed by atoms with Gasteiger partial charge >= 0.3 is 5.97 Å². The fourth-order valence-corrected chi connectivity index (χ4v) is 5.93. The molecule has 4 unspecified atom stereocenters. The Balaban J connectivity index is 5.34. The largest absolute Gasteiger partial charge is 0.477 e. The predicted molar refractivity (Wildman–Crippen MR) is 141 cm³/mol. The van der Waals surface area contributed by atoms with Gasteiger partial charge < -0.3 is 19.8 Å². The van der Waals surface area contributed by atoms with E-state index >= 15 is 0 Å². The molecule has 0 aromatic rings. The van der Waals surface area contributed by atoms with Crippen LogP contribution in [0.1, 0.15) is 117 Å². The lowest BCUT2D eigenvalue weighted by atomic mass is 9.81. The summed E-state index contributed by atoms with van der Waals surface area (Å²) in [6.45, 7) is 5.45. The number of nitrogens with zero attached hydrogens (tertiary/aromatic N) is 1. The van der Waals surface area contributed by atoms with Crippen LogP contribution in [0.5, 0.6) is 0 Å². The van der Waals surface area contributed by atoms with Crippen molar-refractivity contribution in [1.29, 1.82) is 0 Å². The number of aliphatic hydroxyl groups is 2. The first-order valence-corrected chi connectivity index (χ1v) is 15.2. The minimum atomic E-state index is -4.22. The van der Waals surface area contributed by atoms with Gasteiger partial charge in [0.1, 0.15) is 0 Å². The molecule has 0 bridgehead atoms. The SMILES string of the molecule is CCCCCCCCCCCCC(CC(C)O)[N+](C)(C)C(CCCS(=O)(=O)O)(CC(C)O)C(=O)O. The first-order valence-electron chi connectivity index (χ1n) is 13.6. The summed E-state index contributed by atoms with van der Waals surface area (Å²) in [5, 5.41) is 30.8. The van der Waals surface area contributed by atoms with Gasteiger partial charge in [0, 0.05) is 19.3 Å². The maximum Gasteiger partial charge on any atom is 0.365 e. The summed E-state index contributed by atoms with van der Waals surface area (Å²) < 4.78 is 31.7. The summed E-state index contributed by atoms with van der Waals surface area (Å²) in [6.07, 6.45) is 11.5. The Morgan fingerprint density at radius 3 is 1.74 bits per heavy atom. The fraction of sp³-hybridized carbons (Fsp3) is 0.962. The molecule has 0 saturated heterocycles. The molecule has 0 amide bonds. The van der Waals surface area contributed by atoms with Crippen LogP contribution in [0.25, 0.3) is 0 Å². The molecule has 0 saturated carbocycles. The Morgan fingerprint density at radius 2 is 1.34 bits per heavy atom. The summed E-state index contributed by atoms with van der Waals surface area (Å²) in [6, 6.07) is -0.176. The van der Waals surface area contributed by atoms with Crippen molar-refractivity contribution in [3.63, 3.8) is 0 Å². The van der Waals surface area contributed by atoms with E-state index in [1.54, 1.807) is 6.92 Å². The fourth-order valence-electron chi connectivity index (χ4n) is 5.42. The van der Waals surface area contributed by atoms with Crippen molar-refractivity contribution in [3.05, 3.63) is 0 Å². The van der Waals surface area contributed by atoms with Crippen LogP contribution >= 0.6 is 0 Å².